The molecule has 1 aliphatic heterocycles. The Hall–Kier alpha value is -2.76. The van der Waals surface area contributed by atoms with Crippen LogP contribution in [-0.2, 0) is 10.4 Å². The third-order valence-electron chi connectivity index (χ3n) is 5.08. The van der Waals surface area contributed by atoms with E-state index >= 15 is 4.39 Å². The summed E-state index contributed by atoms with van der Waals surface area (Å²) in [5.74, 6) is -0.544. The van der Waals surface area contributed by atoms with E-state index < -0.39 is 23.3 Å². The molecule has 6 heteroatoms. The van der Waals surface area contributed by atoms with Gasteiger partial charge in [-0.2, -0.15) is 0 Å². The number of hydrogen-bond acceptors (Lipinski definition) is 4. The Morgan fingerprint density at radius 1 is 1.07 bits per heavy atom. The first-order chi connectivity index (χ1) is 13.1. The predicted octanol–water partition coefficient (Wildman–Crippen LogP) is 4.44. The SMILES string of the molecule is CC(C)(C)OC(=O)N1CCC(F)(c2ccc(N)cc2)C(c2ccc(N)cc2)C1. The molecule has 0 spiro atoms. The fourth-order valence-corrected chi connectivity index (χ4v) is 3.62. The first-order valence-electron chi connectivity index (χ1n) is 9.47. The second kappa shape index (κ2) is 7.34. The van der Waals surface area contributed by atoms with Crippen LogP contribution in [0.4, 0.5) is 20.6 Å². The molecule has 0 radical (unpaired) electrons. The molecule has 0 aromatic heterocycles. The van der Waals surface area contributed by atoms with Crippen molar-refractivity contribution in [3.05, 3.63) is 59.7 Å². The maximum Gasteiger partial charge on any atom is 0.410 e. The van der Waals surface area contributed by atoms with Crippen LogP contribution < -0.4 is 11.5 Å². The molecular formula is C22H28FN3O2. The summed E-state index contributed by atoms with van der Waals surface area (Å²) in [6.45, 7) is 5.96. The molecule has 3 rings (SSSR count). The summed E-state index contributed by atoms with van der Waals surface area (Å²) in [5.41, 5.74) is 11.9. The second-order valence-electron chi connectivity index (χ2n) is 8.38. The lowest BCUT2D eigenvalue weighted by Gasteiger charge is -2.43. The van der Waals surface area contributed by atoms with Crippen molar-refractivity contribution in [3.63, 3.8) is 0 Å². The van der Waals surface area contributed by atoms with E-state index in [9.17, 15) is 4.79 Å². The van der Waals surface area contributed by atoms with Crippen LogP contribution in [0.3, 0.4) is 0 Å². The molecule has 28 heavy (non-hydrogen) atoms. The lowest BCUT2D eigenvalue weighted by atomic mass is 9.74. The highest BCUT2D eigenvalue weighted by molar-refractivity contribution is 5.68. The molecule has 150 valence electrons. The Labute approximate surface area is 165 Å². The number of nitrogens with two attached hydrogens (primary N) is 2. The number of piperidine rings is 1. The molecule has 5 nitrogen and oxygen atoms in total. The summed E-state index contributed by atoms with van der Waals surface area (Å²) in [5, 5.41) is 0. The van der Waals surface area contributed by atoms with Gasteiger partial charge in [0.15, 0.2) is 0 Å². The van der Waals surface area contributed by atoms with Gasteiger partial charge in [-0.3, -0.25) is 0 Å². The first-order valence-corrected chi connectivity index (χ1v) is 9.47. The number of ether oxygens (including phenoxy) is 1. The molecule has 2 atom stereocenters. The Morgan fingerprint density at radius 3 is 2.14 bits per heavy atom. The summed E-state index contributed by atoms with van der Waals surface area (Å²) >= 11 is 0. The maximum absolute atomic E-state index is 16.4. The van der Waals surface area contributed by atoms with Crippen molar-refractivity contribution in [2.75, 3.05) is 24.6 Å². The Morgan fingerprint density at radius 2 is 1.61 bits per heavy atom. The topological polar surface area (TPSA) is 81.6 Å². The lowest BCUT2D eigenvalue weighted by molar-refractivity contribution is -0.00736. The zero-order valence-corrected chi connectivity index (χ0v) is 16.6. The minimum Gasteiger partial charge on any atom is -0.444 e. The van der Waals surface area contributed by atoms with Crippen molar-refractivity contribution in [2.45, 2.75) is 44.4 Å². The van der Waals surface area contributed by atoms with Gasteiger partial charge < -0.3 is 21.1 Å². The minimum atomic E-state index is -1.62. The van der Waals surface area contributed by atoms with Gasteiger partial charge in [0.2, 0.25) is 0 Å². The van der Waals surface area contributed by atoms with Crippen LogP contribution in [0.15, 0.2) is 48.5 Å². The van der Waals surface area contributed by atoms with E-state index in [0.29, 0.717) is 16.9 Å². The summed E-state index contributed by atoms with van der Waals surface area (Å²) in [7, 11) is 0. The van der Waals surface area contributed by atoms with Gasteiger partial charge in [-0.25, -0.2) is 9.18 Å². The molecule has 1 fully saturated rings. The molecule has 2 unspecified atom stereocenters. The average molecular weight is 385 g/mol. The van der Waals surface area contributed by atoms with Crippen LogP contribution in [0.25, 0.3) is 0 Å². The maximum atomic E-state index is 16.4. The molecule has 1 amide bonds. The van der Waals surface area contributed by atoms with Gasteiger partial charge in [0.1, 0.15) is 11.3 Å². The number of anilines is 2. The number of nitrogen functional groups attached to an aromatic ring is 2. The number of carbonyl (C=O) groups excluding carboxylic acids is 1. The van der Waals surface area contributed by atoms with E-state index in [4.69, 9.17) is 16.2 Å². The summed E-state index contributed by atoms with van der Waals surface area (Å²) in [6.07, 6.45) is -0.252. The zero-order chi connectivity index (χ0) is 20.5. The van der Waals surface area contributed by atoms with Gasteiger partial charge in [-0.1, -0.05) is 24.3 Å². The number of halogens is 1. The Kier molecular flexibility index (Phi) is 5.24. The zero-order valence-electron chi connectivity index (χ0n) is 16.6. The van der Waals surface area contributed by atoms with Crippen molar-refractivity contribution in [1.29, 1.82) is 0 Å². The molecule has 0 bridgehead atoms. The molecular weight excluding hydrogens is 357 g/mol. The second-order valence-corrected chi connectivity index (χ2v) is 8.38. The van der Waals surface area contributed by atoms with Crippen LogP contribution in [0.2, 0.25) is 0 Å². The van der Waals surface area contributed by atoms with Gasteiger partial charge >= 0.3 is 6.09 Å². The highest BCUT2D eigenvalue weighted by atomic mass is 19.1. The fourth-order valence-electron chi connectivity index (χ4n) is 3.62. The molecule has 1 saturated heterocycles. The number of amides is 1. The van der Waals surface area contributed by atoms with Gasteiger partial charge in [-0.05, 0) is 56.2 Å². The molecule has 0 saturated carbocycles. The standard InChI is InChI=1S/C22H28FN3O2/c1-21(2,3)28-20(27)26-13-12-22(23,16-6-10-18(25)11-7-16)19(14-26)15-4-8-17(24)9-5-15/h4-11,19H,12-14,24-25H2,1-3H3. The number of hydrogen-bond donors (Lipinski definition) is 2. The van der Waals surface area contributed by atoms with Crippen molar-refractivity contribution >= 4 is 17.5 Å². The number of nitrogens with zero attached hydrogens (tertiary/aromatic N) is 1. The molecule has 1 heterocycles. The molecule has 1 aliphatic rings. The number of rotatable bonds is 2. The Bertz CT molecular complexity index is 830. The molecule has 0 aliphatic carbocycles. The Balaban J connectivity index is 1.95. The van der Waals surface area contributed by atoms with Crippen molar-refractivity contribution in [2.24, 2.45) is 0 Å². The quantitative estimate of drug-likeness (QED) is 0.749. The van der Waals surface area contributed by atoms with Crippen LogP contribution in [0, 0.1) is 0 Å². The van der Waals surface area contributed by atoms with Crippen LogP contribution in [-0.4, -0.2) is 29.7 Å². The van der Waals surface area contributed by atoms with Crippen LogP contribution in [0.1, 0.15) is 44.2 Å². The first kappa shape index (κ1) is 20.0. The van der Waals surface area contributed by atoms with E-state index in [2.05, 4.69) is 0 Å². The molecule has 2 aromatic carbocycles. The third-order valence-corrected chi connectivity index (χ3v) is 5.08. The smallest absolute Gasteiger partial charge is 0.410 e. The highest BCUT2D eigenvalue weighted by Crippen LogP contribution is 2.47. The van der Waals surface area contributed by atoms with E-state index in [-0.39, 0.29) is 19.5 Å². The van der Waals surface area contributed by atoms with Crippen molar-refractivity contribution in [3.8, 4) is 0 Å². The van der Waals surface area contributed by atoms with Crippen molar-refractivity contribution in [1.82, 2.24) is 4.90 Å². The third kappa shape index (κ3) is 4.21. The van der Waals surface area contributed by atoms with Gasteiger partial charge in [0, 0.05) is 36.8 Å². The number of benzene rings is 2. The highest BCUT2D eigenvalue weighted by Gasteiger charge is 2.47. The monoisotopic (exact) mass is 385 g/mol. The van der Waals surface area contributed by atoms with Crippen LogP contribution in [0.5, 0.6) is 0 Å². The number of likely N-dealkylation sites (tertiary alicyclic amines) is 1. The van der Waals surface area contributed by atoms with Gasteiger partial charge in [0.05, 0.1) is 0 Å². The average Bonchev–Trinajstić information content (AvgIpc) is 2.62. The number of alkyl halides is 1. The van der Waals surface area contributed by atoms with E-state index in [1.165, 1.54) is 0 Å². The van der Waals surface area contributed by atoms with Crippen molar-refractivity contribution < 1.29 is 13.9 Å². The van der Waals surface area contributed by atoms with Gasteiger partial charge in [-0.15, -0.1) is 0 Å². The van der Waals surface area contributed by atoms with E-state index in [0.717, 1.165) is 5.56 Å². The summed E-state index contributed by atoms with van der Waals surface area (Å²) in [6, 6.07) is 14.0. The van der Waals surface area contributed by atoms with E-state index in [1.807, 2.05) is 32.9 Å². The fraction of sp³-hybridized carbons (Fsp3) is 0.409. The molecule has 4 N–H and O–H groups in total. The lowest BCUT2D eigenvalue weighted by Crippen LogP contribution is -2.49. The summed E-state index contributed by atoms with van der Waals surface area (Å²) < 4.78 is 21.9. The van der Waals surface area contributed by atoms with E-state index in [1.54, 1.807) is 41.3 Å². The normalized spacial score (nSPS) is 22.7. The largest absolute Gasteiger partial charge is 0.444 e. The van der Waals surface area contributed by atoms with Gasteiger partial charge in [0.25, 0.3) is 0 Å². The predicted molar refractivity (Wildman–Crippen MR) is 110 cm³/mol. The summed E-state index contributed by atoms with van der Waals surface area (Å²) in [4.78, 5) is 14.2. The minimum absolute atomic E-state index is 0.172. The number of carbonyl (C=O) groups is 1. The van der Waals surface area contributed by atoms with Crippen LogP contribution >= 0.6 is 0 Å². The molecule has 2 aromatic rings.